The van der Waals surface area contributed by atoms with Crippen LogP contribution in [-0.2, 0) is 16.4 Å². The third-order valence-corrected chi connectivity index (χ3v) is 6.82. The van der Waals surface area contributed by atoms with E-state index in [4.69, 9.17) is 15.0 Å². The molecular formula is C27H20N6O3S. The van der Waals surface area contributed by atoms with Gasteiger partial charge >= 0.3 is 0 Å². The lowest BCUT2D eigenvalue weighted by molar-refractivity contribution is 0.482. The summed E-state index contributed by atoms with van der Waals surface area (Å²) in [5.41, 5.74) is 4.38. The van der Waals surface area contributed by atoms with Crippen molar-refractivity contribution in [2.45, 2.75) is 11.3 Å². The second kappa shape index (κ2) is 9.08. The van der Waals surface area contributed by atoms with E-state index in [1.54, 1.807) is 22.8 Å². The number of rotatable bonds is 6. The molecule has 37 heavy (non-hydrogen) atoms. The summed E-state index contributed by atoms with van der Waals surface area (Å²) in [7, 11) is -3.75. The Labute approximate surface area is 212 Å². The van der Waals surface area contributed by atoms with Crippen LogP contribution in [0.1, 0.15) is 11.4 Å². The van der Waals surface area contributed by atoms with Crippen molar-refractivity contribution in [1.29, 1.82) is 0 Å². The summed E-state index contributed by atoms with van der Waals surface area (Å²) in [5.74, 6) is 1.84. The topological polar surface area (TPSA) is 125 Å². The molecule has 0 amide bonds. The van der Waals surface area contributed by atoms with Gasteiger partial charge in [-0.25, -0.2) is 13.6 Å². The fourth-order valence-electron chi connectivity index (χ4n) is 4.04. The Balaban J connectivity index is 1.23. The zero-order chi connectivity index (χ0) is 25.4. The van der Waals surface area contributed by atoms with Gasteiger partial charge in [0.25, 0.3) is 0 Å². The first-order valence-corrected chi connectivity index (χ1v) is 12.9. The van der Waals surface area contributed by atoms with E-state index < -0.39 is 10.0 Å². The maximum atomic E-state index is 11.4. The Hall–Kier alpha value is -4.67. The normalized spacial score (nSPS) is 11.7. The van der Waals surface area contributed by atoms with Gasteiger partial charge in [0.1, 0.15) is 11.5 Å². The number of nitrogens with zero attached hydrogens (tertiary/aromatic N) is 5. The third-order valence-electron chi connectivity index (χ3n) is 5.90. The number of primary sulfonamides is 1. The molecule has 0 fully saturated rings. The molecule has 0 spiro atoms. The average Bonchev–Trinajstić information content (AvgIpc) is 3.31. The zero-order valence-corrected chi connectivity index (χ0v) is 20.2. The van der Waals surface area contributed by atoms with E-state index >= 15 is 0 Å². The summed E-state index contributed by atoms with van der Waals surface area (Å²) in [6, 6.07) is 27.3. The number of nitrogens with two attached hydrogens (primary N) is 1. The Morgan fingerprint density at radius 2 is 1.59 bits per heavy atom. The predicted octanol–water partition coefficient (Wildman–Crippen LogP) is 4.37. The zero-order valence-electron chi connectivity index (χ0n) is 19.4. The lowest BCUT2D eigenvalue weighted by atomic mass is 10.1. The number of benzene rings is 3. The Kier molecular flexibility index (Phi) is 5.59. The van der Waals surface area contributed by atoms with E-state index in [-0.39, 0.29) is 4.90 Å². The molecule has 3 aromatic carbocycles. The maximum Gasteiger partial charge on any atom is 0.238 e. The van der Waals surface area contributed by atoms with Crippen LogP contribution in [0.25, 0.3) is 27.8 Å². The number of hydrogen-bond donors (Lipinski definition) is 1. The Morgan fingerprint density at radius 3 is 2.35 bits per heavy atom. The highest BCUT2D eigenvalue weighted by Crippen LogP contribution is 2.26. The van der Waals surface area contributed by atoms with Gasteiger partial charge in [0.15, 0.2) is 11.5 Å². The number of ether oxygens (including phenoxy) is 1. The van der Waals surface area contributed by atoms with Crippen molar-refractivity contribution in [2.24, 2.45) is 5.14 Å². The quantitative estimate of drug-likeness (QED) is 0.354. The number of fused-ring (bicyclic) bond motifs is 2. The highest BCUT2D eigenvalue weighted by atomic mass is 32.2. The van der Waals surface area contributed by atoms with E-state index in [1.807, 2.05) is 60.7 Å². The smallest absolute Gasteiger partial charge is 0.238 e. The molecule has 6 rings (SSSR count). The second-order valence-corrected chi connectivity index (χ2v) is 10.0. The maximum absolute atomic E-state index is 11.4. The summed E-state index contributed by atoms with van der Waals surface area (Å²) in [4.78, 5) is 4.41. The summed E-state index contributed by atoms with van der Waals surface area (Å²) in [6.07, 6.45) is 2.37. The summed E-state index contributed by atoms with van der Waals surface area (Å²) >= 11 is 0. The lowest BCUT2D eigenvalue weighted by Crippen LogP contribution is -2.11. The van der Waals surface area contributed by atoms with Crippen LogP contribution in [0, 0.1) is 0 Å². The number of hydrogen-bond acceptors (Lipinski definition) is 7. The van der Waals surface area contributed by atoms with Gasteiger partial charge < -0.3 is 4.74 Å². The molecule has 2 N–H and O–H groups in total. The van der Waals surface area contributed by atoms with Gasteiger partial charge in [0.05, 0.1) is 16.1 Å². The van der Waals surface area contributed by atoms with Crippen LogP contribution in [0.15, 0.2) is 102 Å². The van der Waals surface area contributed by atoms with Gasteiger partial charge in [0.2, 0.25) is 10.0 Å². The van der Waals surface area contributed by atoms with Crippen molar-refractivity contribution in [3.8, 4) is 22.8 Å². The fourth-order valence-corrected chi connectivity index (χ4v) is 4.56. The van der Waals surface area contributed by atoms with Crippen LogP contribution >= 0.6 is 0 Å². The molecule has 0 atom stereocenters. The molecule has 3 aromatic heterocycles. The van der Waals surface area contributed by atoms with E-state index in [0.29, 0.717) is 23.6 Å². The van der Waals surface area contributed by atoms with Crippen molar-refractivity contribution in [3.05, 3.63) is 109 Å². The van der Waals surface area contributed by atoms with Gasteiger partial charge in [-0.2, -0.15) is 9.61 Å². The largest absolute Gasteiger partial charge is 0.457 e. The van der Waals surface area contributed by atoms with Crippen LogP contribution in [0.2, 0.25) is 0 Å². The highest BCUT2D eigenvalue weighted by Gasteiger charge is 2.11. The molecule has 9 nitrogen and oxygen atoms in total. The van der Waals surface area contributed by atoms with Gasteiger partial charge in [-0.15, -0.1) is 10.2 Å². The predicted molar refractivity (Wildman–Crippen MR) is 139 cm³/mol. The van der Waals surface area contributed by atoms with Crippen LogP contribution in [0.5, 0.6) is 11.5 Å². The van der Waals surface area contributed by atoms with Gasteiger partial charge in [-0.05, 0) is 84.4 Å². The minimum atomic E-state index is -3.75. The van der Waals surface area contributed by atoms with Crippen LogP contribution in [0.4, 0.5) is 0 Å². The Morgan fingerprint density at radius 1 is 0.838 bits per heavy atom. The fraction of sp³-hybridized carbons (Fsp3) is 0.0370. The SMILES string of the molecule is NS(=O)(=O)c1ccc(Oc2ccc(-c3ccc4nnc(Cc5ccc6ncccc6c5)n4n3)cc2)cc1. The first-order chi connectivity index (χ1) is 17.9. The van der Waals surface area contributed by atoms with Crippen LogP contribution < -0.4 is 9.88 Å². The van der Waals surface area contributed by atoms with Gasteiger partial charge in [-0.3, -0.25) is 4.98 Å². The van der Waals surface area contributed by atoms with Crippen LogP contribution in [0.3, 0.4) is 0 Å². The Bertz CT molecular complexity index is 1850. The molecule has 0 saturated carbocycles. The second-order valence-electron chi connectivity index (χ2n) is 8.45. The highest BCUT2D eigenvalue weighted by molar-refractivity contribution is 7.89. The van der Waals surface area contributed by atoms with Crippen molar-refractivity contribution >= 4 is 26.6 Å². The van der Waals surface area contributed by atoms with E-state index in [1.165, 1.54) is 12.1 Å². The molecule has 0 bridgehead atoms. The number of sulfonamides is 1. The first kappa shape index (κ1) is 22.8. The summed E-state index contributed by atoms with van der Waals surface area (Å²) in [6.45, 7) is 0. The third kappa shape index (κ3) is 4.75. The molecule has 0 aliphatic heterocycles. The lowest BCUT2D eigenvalue weighted by Gasteiger charge is -2.08. The number of aromatic nitrogens is 5. The first-order valence-electron chi connectivity index (χ1n) is 11.4. The van der Waals surface area contributed by atoms with E-state index in [2.05, 4.69) is 21.2 Å². The van der Waals surface area contributed by atoms with Crippen molar-refractivity contribution in [2.75, 3.05) is 0 Å². The summed E-state index contributed by atoms with van der Waals surface area (Å²) < 4.78 is 30.4. The average molecular weight is 509 g/mol. The van der Waals surface area contributed by atoms with Gasteiger partial charge in [0, 0.05) is 23.6 Å². The molecule has 10 heteroatoms. The molecule has 0 saturated heterocycles. The van der Waals surface area contributed by atoms with Crippen molar-refractivity contribution in [3.63, 3.8) is 0 Å². The standard InChI is InChI=1S/C27H20N6O3S/c28-37(34,35)23-10-8-22(9-11-23)36-21-6-4-19(5-7-21)25-13-14-26-30-31-27(33(26)32-25)17-18-3-12-24-20(16-18)2-1-15-29-24/h1-16H,17H2,(H2,28,34,35). The van der Waals surface area contributed by atoms with E-state index in [9.17, 15) is 8.42 Å². The molecule has 0 unspecified atom stereocenters. The molecular weight excluding hydrogens is 488 g/mol. The molecule has 0 aliphatic carbocycles. The van der Waals surface area contributed by atoms with Crippen molar-refractivity contribution in [1.82, 2.24) is 24.8 Å². The monoisotopic (exact) mass is 508 g/mol. The minimum Gasteiger partial charge on any atom is -0.457 e. The molecule has 6 aromatic rings. The number of pyridine rings is 1. The molecule has 0 radical (unpaired) electrons. The van der Waals surface area contributed by atoms with Crippen molar-refractivity contribution < 1.29 is 13.2 Å². The molecule has 182 valence electrons. The van der Waals surface area contributed by atoms with Gasteiger partial charge in [-0.1, -0.05) is 12.1 Å². The van der Waals surface area contributed by atoms with E-state index in [0.717, 1.165) is 33.5 Å². The minimum absolute atomic E-state index is 0.0302. The molecule has 0 aliphatic rings. The van der Waals surface area contributed by atoms with Crippen LogP contribution in [-0.4, -0.2) is 33.2 Å². The molecule has 3 heterocycles. The summed E-state index contributed by atoms with van der Waals surface area (Å²) in [5, 5.41) is 19.6.